The van der Waals surface area contributed by atoms with Gasteiger partial charge in [0.15, 0.2) is 11.7 Å². The van der Waals surface area contributed by atoms with Gasteiger partial charge >= 0.3 is 0 Å². The fourth-order valence-electron chi connectivity index (χ4n) is 2.00. The highest BCUT2D eigenvalue weighted by Crippen LogP contribution is 2.24. The summed E-state index contributed by atoms with van der Waals surface area (Å²) in [7, 11) is 0. The van der Waals surface area contributed by atoms with E-state index in [9.17, 15) is 10.1 Å². The van der Waals surface area contributed by atoms with Crippen LogP contribution in [0, 0.1) is 18.3 Å². The highest BCUT2D eigenvalue weighted by Gasteiger charge is 2.25. The smallest absolute Gasteiger partial charge is 0.187 e. The van der Waals surface area contributed by atoms with Crippen molar-refractivity contribution in [3.05, 3.63) is 58.7 Å². The van der Waals surface area contributed by atoms with Crippen LogP contribution in [0.15, 0.2) is 42.4 Å². The molecule has 3 rings (SSSR count). The fraction of sp³-hybridized carbons (Fsp3) is 0.133. The molecule has 108 valence electrons. The van der Waals surface area contributed by atoms with Gasteiger partial charge in [-0.05, 0) is 19.1 Å². The fourth-order valence-corrected chi connectivity index (χ4v) is 2.84. The number of hydrogen-bond acceptors (Lipinski definition) is 6. The maximum absolute atomic E-state index is 12.6. The van der Waals surface area contributed by atoms with Gasteiger partial charge < -0.3 is 0 Å². The first-order chi connectivity index (χ1) is 10.7. The van der Waals surface area contributed by atoms with Crippen LogP contribution in [0.4, 0.5) is 0 Å². The third kappa shape index (κ3) is 2.64. The number of thiazole rings is 1. The minimum atomic E-state index is -0.892. The van der Waals surface area contributed by atoms with Crippen molar-refractivity contribution < 1.29 is 4.79 Å². The van der Waals surface area contributed by atoms with Gasteiger partial charge in [-0.3, -0.25) is 9.36 Å². The van der Waals surface area contributed by atoms with E-state index in [1.54, 1.807) is 41.6 Å². The molecule has 0 aliphatic rings. The molecule has 0 saturated carbocycles. The van der Waals surface area contributed by atoms with E-state index in [1.165, 1.54) is 11.3 Å². The van der Waals surface area contributed by atoms with Crippen LogP contribution in [0.1, 0.15) is 27.0 Å². The van der Waals surface area contributed by atoms with Crippen LogP contribution in [0.25, 0.3) is 5.82 Å². The lowest BCUT2D eigenvalue weighted by Crippen LogP contribution is -2.12. The molecule has 0 spiro atoms. The monoisotopic (exact) mass is 309 g/mol. The van der Waals surface area contributed by atoms with Gasteiger partial charge in [0.2, 0.25) is 0 Å². The third-order valence-corrected chi connectivity index (χ3v) is 4.10. The van der Waals surface area contributed by atoms with Crippen molar-refractivity contribution in [2.75, 3.05) is 0 Å². The van der Waals surface area contributed by atoms with Crippen molar-refractivity contribution in [2.45, 2.75) is 12.8 Å². The Morgan fingerprint density at radius 3 is 2.95 bits per heavy atom. The number of rotatable bonds is 4. The lowest BCUT2D eigenvalue weighted by atomic mass is 10.0. The van der Waals surface area contributed by atoms with Crippen LogP contribution in [0.3, 0.4) is 0 Å². The van der Waals surface area contributed by atoms with Gasteiger partial charge in [0.05, 0.1) is 6.07 Å². The second kappa shape index (κ2) is 5.87. The number of nitrogens with zero attached hydrogens (tertiary/aromatic N) is 5. The van der Waals surface area contributed by atoms with Gasteiger partial charge in [0.1, 0.15) is 17.2 Å². The molecule has 0 radical (unpaired) electrons. The summed E-state index contributed by atoms with van der Waals surface area (Å²) in [5.74, 6) is -0.590. The Labute approximate surface area is 130 Å². The molecule has 3 heterocycles. The predicted octanol–water partition coefficient (Wildman–Crippen LogP) is 2.52. The highest BCUT2D eigenvalue weighted by molar-refractivity contribution is 7.10. The molecular formula is C15H11N5OS. The first kappa shape index (κ1) is 14.1. The molecule has 0 N–H and O–H groups in total. The predicted molar refractivity (Wildman–Crippen MR) is 80.9 cm³/mol. The average molecular weight is 309 g/mol. The van der Waals surface area contributed by atoms with E-state index in [-0.39, 0.29) is 5.78 Å². The zero-order valence-electron chi connectivity index (χ0n) is 11.7. The number of ketones is 1. The molecule has 0 amide bonds. The lowest BCUT2D eigenvalue weighted by molar-refractivity contribution is 0.0978. The molecule has 0 fully saturated rings. The Bertz CT molecular complexity index is 847. The Morgan fingerprint density at radius 2 is 2.32 bits per heavy atom. The molecule has 3 aromatic heterocycles. The summed E-state index contributed by atoms with van der Waals surface area (Å²) in [6.45, 7) is 1.84. The summed E-state index contributed by atoms with van der Waals surface area (Å²) < 4.78 is 1.70. The molecule has 3 aromatic rings. The van der Waals surface area contributed by atoms with Crippen LogP contribution in [-0.4, -0.2) is 25.3 Å². The number of carbonyl (C=O) groups excluding carboxylic acids is 1. The number of carbonyl (C=O) groups is 1. The van der Waals surface area contributed by atoms with Gasteiger partial charge in [-0.25, -0.2) is 15.0 Å². The number of aromatic nitrogens is 4. The van der Waals surface area contributed by atoms with E-state index in [0.717, 1.165) is 5.69 Å². The number of aryl methyl sites for hydroxylation is 1. The minimum Gasteiger partial charge on any atom is -0.292 e. The van der Waals surface area contributed by atoms with Crippen molar-refractivity contribution in [2.24, 2.45) is 0 Å². The molecule has 0 unspecified atom stereocenters. The number of nitriles is 1. The molecule has 7 heteroatoms. The van der Waals surface area contributed by atoms with Gasteiger partial charge in [-0.1, -0.05) is 0 Å². The molecule has 0 aliphatic heterocycles. The van der Waals surface area contributed by atoms with E-state index < -0.39 is 5.92 Å². The summed E-state index contributed by atoms with van der Waals surface area (Å²) in [5.41, 5.74) is 1.24. The van der Waals surface area contributed by atoms with Gasteiger partial charge in [-0.15, -0.1) is 11.3 Å². The third-order valence-electron chi connectivity index (χ3n) is 3.07. The van der Waals surface area contributed by atoms with E-state index in [4.69, 9.17) is 0 Å². The minimum absolute atomic E-state index is 0.277. The van der Waals surface area contributed by atoms with E-state index >= 15 is 0 Å². The second-order valence-electron chi connectivity index (χ2n) is 4.63. The van der Waals surface area contributed by atoms with Crippen LogP contribution in [0.5, 0.6) is 0 Å². The maximum Gasteiger partial charge on any atom is 0.187 e. The van der Waals surface area contributed by atoms with Crippen molar-refractivity contribution in [1.82, 2.24) is 19.5 Å². The SMILES string of the molecule is Cc1csc([C@@H](C#N)C(=O)c2ccnc(-n3ccnc3)c2)n1. The Balaban J connectivity index is 1.95. The summed E-state index contributed by atoms with van der Waals surface area (Å²) in [5, 5.41) is 11.7. The number of hydrogen-bond donors (Lipinski definition) is 0. The lowest BCUT2D eigenvalue weighted by Gasteiger charge is -2.07. The van der Waals surface area contributed by atoms with E-state index in [0.29, 0.717) is 16.4 Å². The van der Waals surface area contributed by atoms with Crippen molar-refractivity contribution in [3.63, 3.8) is 0 Å². The van der Waals surface area contributed by atoms with E-state index in [2.05, 4.69) is 15.0 Å². The molecule has 1 atom stereocenters. The number of pyridine rings is 1. The van der Waals surface area contributed by atoms with Gasteiger partial charge in [-0.2, -0.15) is 5.26 Å². The zero-order chi connectivity index (χ0) is 15.5. The summed E-state index contributed by atoms with van der Waals surface area (Å²) >= 11 is 1.32. The molecule has 0 bridgehead atoms. The van der Waals surface area contributed by atoms with Crippen molar-refractivity contribution >= 4 is 17.1 Å². The van der Waals surface area contributed by atoms with Crippen molar-refractivity contribution in [1.29, 1.82) is 5.26 Å². The number of Topliss-reactive ketones (excluding diaryl/α,β-unsaturated/α-hetero) is 1. The van der Waals surface area contributed by atoms with Crippen LogP contribution in [0.2, 0.25) is 0 Å². The van der Waals surface area contributed by atoms with Crippen molar-refractivity contribution in [3.8, 4) is 11.9 Å². The van der Waals surface area contributed by atoms with E-state index in [1.807, 2.05) is 18.4 Å². The molecule has 0 aliphatic carbocycles. The van der Waals surface area contributed by atoms with Crippen LogP contribution < -0.4 is 0 Å². The molecule has 0 aromatic carbocycles. The molecule has 0 saturated heterocycles. The quantitative estimate of drug-likeness (QED) is 0.691. The number of imidazole rings is 1. The summed E-state index contributed by atoms with van der Waals surface area (Å²) in [4.78, 5) is 25.0. The summed E-state index contributed by atoms with van der Waals surface area (Å²) in [6.07, 6.45) is 6.52. The largest absolute Gasteiger partial charge is 0.292 e. The maximum atomic E-state index is 12.6. The van der Waals surface area contributed by atoms with Gasteiger partial charge in [0, 0.05) is 35.2 Å². The highest BCUT2D eigenvalue weighted by atomic mass is 32.1. The van der Waals surface area contributed by atoms with Crippen LogP contribution in [-0.2, 0) is 0 Å². The summed E-state index contributed by atoms with van der Waals surface area (Å²) in [6, 6.07) is 5.30. The normalized spacial score (nSPS) is 11.8. The molecule has 6 nitrogen and oxygen atoms in total. The standard InChI is InChI=1S/C15H11N5OS/c1-10-8-22-15(19-10)12(7-16)14(21)11-2-3-18-13(6-11)20-5-4-17-9-20/h2-6,8-9,12H,1H3/t12-/m0/s1. The zero-order valence-corrected chi connectivity index (χ0v) is 12.5. The molecular weight excluding hydrogens is 298 g/mol. The first-order valence-corrected chi connectivity index (χ1v) is 7.37. The first-order valence-electron chi connectivity index (χ1n) is 6.49. The topological polar surface area (TPSA) is 84.5 Å². The van der Waals surface area contributed by atoms with Crippen LogP contribution >= 0.6 is 11.3 Å². The second-order valence-corrected chi connectivity index (χ2v) is 5.52. The van der Waals surface area contributed by atoms with Gasteiger partial charge in [0.25, 0.3) is 0 Å². The average Bonchev–Trinajstić information content (AvgIpc) is 3.20. The molecule has 22 heavy (non-hydrogen) atoms. The Morgan fingerprint density at radius 1 is 1.45 bits per heavy atom. The Kier molecular flexibility index (Phi) is 3.76. The Hall–Kier alpha value is -2.85.